The highest BCUT2D eigenvalue weighted by Gasteiger charge is 2.61. The highest BCUT2D eigenvalue weighted by atomic mass is 19.4. The molecule has 0 atom stereocenters. The van der Waals surface area contributed by atoms with Crippen molar-refractivity contribution in [3.63, 3.8) is 0 Å². The number of aromatic nitrogens is 1. The molecule has 0 aliphatic heterocycles. The van der Waals surface area contributed by atoms with Crippen molar-refractivity contribution in [3.05, 3.63) is 35.5 Å². The number of alkyl halides is 5. The number of carboxylic acids is 1. The van der Waals surface area contributed by atoms with Crippen molar-refractivity contribution in [1.82, 2.24) is 4.98 Å². The molecule has 0 amide bonds. The summed E-state index contributed by atoms with van der Waals surface area (Å²) < 4.78 is 63.6. The summed E-state index contributed by atoms with van der Waals surface area (Å²) in [5.74, 6) is -7.11. The van der Waals surface area contributed by atoms with Gasteiger partial charge in [-0.2, -0.15) is 22.0 Å². The molecule has 102 valence electrons. The Kier molecular flexibility index (Phi) is 2.76. The van der Waals surface area contributed by atoms with E-state index in [0.29, 0.717) is 0 Å². The van der Waals surface area contributed by atoms with Gasteiger partial charge in [-0.25, -0.2) is 4.79 Å². The van der Waals surface area contributed by atoms with Gasteiger partial charge in [-0.05, 0) is 6.07 Å². The zero-order valence-electron chi connectivity index (χ0n) is 9.05. The summed E-state index contributed by atoms with van der Waals surface area (Å²) in [6, 6.07) is 5.11. The molecule has 1 heterocycles. The first-order valence-corrected chi connectivity index (χ1v) is 4.95. The van der Waals surface area contributed by atoms with E-state index in [1.807, 2.05) is 4.98 Å². The number of aromatic carboxylic acids is 1. The lowest BCUT2D eigenvalue weighted by molar-refractivity contribution is -0.290. The number of rotatable bonds is 2. The summed E-state index contributed by atoms with van der Waals surface area (Å²) in [5.41, 5.74) is -2.83. The van der Waals surface area contributed by atoms with Gasteiger partial charge in [0.15, 0.2) is 0 Å². The maximum absolute atomic E-state index is 13.3. The first-order chi connectivity index (χ1) is 8.66. The van der Waals surface area contributed by atoms with Crippen LogP contribution in [0.2, 0.25) is 0 Å². The minimum absolute atomic E-state index is 0.0983. The molecule has 2 aromatic rings. The third-order valence-electron chi connectivity index (χ3n) is 2.59. The fourth-order valence-corrected chi connectivity index (χ4v) is 1.74. The molecule has 0 aliphatic rings. The lowest BCUT2D eigenvalue weighted by Crippen LogP contribution is -2.35. The summed E-state index contributed by atoms with van der Waals surface area (Å²) in [7, 11) is 0. The number of carboxylic acid groups (broad SMARTS) is 1. The van der Waals surface area contributed by atoms with Crippen LogP contribution in [0, 0.1) is 0 Å². The number of fused-ring (bicyclic) bond motifs is 1. The Morgan fingerprint density at radius 2 is 1.68 bits per heavy atom. The topological polar surface area (TPSA) is 53.1 Å². The number of hydrogen-bond donors (Lipinski definition) is 2. The minimum atomic E-state index is -5.88. The summed E-state index contributed by atoms with van der Waals surface area (Å²) >= 11 is 0. The van der Waals surface area contributed by atoms with Gasteiger partial charge in [0, 0.05) is 10.9 Å². The second-order valence-electron chi connectivity index (χ2n) is 3.80. The molecule has 0 unspecified atom stereocenters. The number of carbonyl (C=O) groups is 1. The van der Waals surface area contributed by atoms with Gasteiger partial charge in [-0.15, -0.1) is 0 Å². The predicted octanol–water partition coefficient (Wildman–Crippen LogP) is 3.52. The SMILES string of the molecule is O=C(O)c1c(C(F)(F)C(F)(F)F)[nH]c2ccccc12. The van der Waals surface area contributed by atoms with E-state index in [1.54, 1.807) is 0 Å². The number of halogens is 5. The van der Waals surface area contributed by atoms with Crippen LogP contribution in [0.15, 0.2) is 24.3 Å². The molecule has 0 saturated carbocycles. The molecule has 2 rings (SSSR count). The molecule has 0 bridgehead atoms. The average Bonchev–Trinajstić information content (AvgIpc) is 2.66. The Morgan fingerprint density at radius 3 is 2.21 bits per heavy atom. The van der Waals surface area contributed by atoms with Crippen molar-refractivity contribution >= 4 is 16.9 Å². The zero-order chi connectivity index (χ0) is 14.4. The fraction of sp³-hybridized carbons (Fsp3) is 0.182. The molecule has 0 radical (unpaired) electrons. The Labute approximate surface area is 102 Å². The molecule has 0 spiro atoms. The normalized spacial score (nSPS) is 12.9. The van der Waals surface area contributed by atoms with Gasteiger partial charge in [0.2, 0.25) is 0 Å². The van der Waals surface area contributed by atoms with Crippen LogP contribution in [0.25, 0.3) is 10.9 Å². The highest BCUT2D eigenvalue weighted by Crippen LogP contribution is 2.45. The van der Waals surface area contributed by atoms with Crippen molar-refractivity contribution in [1.29, 1.82) is 0 Å². The number of para-hydroxylation sites is 1. The number of nitrogens with one attached hydrogen (secondary N) is 1. The smallest absolute Gasteiger partial charge is 0.459 e. The van der Waals surface area contributed by atoms with Crippen molar-refractivity contribution < 1.29 is 31.9 Å². The lowest BCUT2D eigenvalue weighted by Gasteiger charge is -2.19. The van der Waals surface area contributed by atoms with Gasteiger partial charge in [0.1, 0.15) is 5.69 Å². The summed E-state index contributed by atoms with van der Waals surface area (Å²) in [4.78, 5) is 12.8. The van der Waals surface area contributed by atoms with E-state index in [4.69, 9.17) is 5.11 Å². The molecular formula is C11H6F5NO2. The van der Waals surface area contributed by atoms with Crippen LogP contribution in [0.3, 0.4) is 0 Å². The van der Waals surface area contributed by atoms with Gasteiger partial charge in [0.25, 0.3) is 0 Å². The summed E-state index contributed by atoms with van der Waals surface area (Å²) in [5, 5.41) is 8.66. The first-order valence-electron chi connectivity index (χ1n) is 4.95. The van der Waals surface area contributed by atoms with Gasteiger partial charge in [0.05, 0.1) is 5.56 Å². The van der Waals surface area contributed by atoms with Crippen LogP contribution < -0.4 is 0 Å². The minimum Gasteiger partial charge on any atom is -0.478 e. The van der Waals surface area contributed by atoms with E-state index in [0.717, 1.165) is 6.07 Å². The largest absolute Gasteiger partial charge is 0.478 e. The Balaban J connectivity index is 2.81. The number of benzene rings is 1. The fourth-order valence-electron chi connectivity index (χ4n) is 1.74. The molecule has 8 heteroatoms. The monoisotopic (exact) mass is 279 g/mol. The third kappa shape index (κ3) is 1.92. The van der Waals surface area contributed by atoms with Gasteiger partial charge >= 0.3 is 18.1 Å². The molecular weight excluding hydrogens is 273 g/mol. The highest BCUT2D eigenvalue weighted by molar-refractivity contribution is 6.05. The summed E-state index contributed by atoms with van der Waals surface area (Å²) in [6.07, 6.45) is -5.88. The van der Waals surface area contributed by atoms with Crippen LogP contribution in [0.5, 0.6) is 0 Å². The van der Waals surface area contributed by atoms with Crippen molar-refractivity contribution in [2.24, 2.45) is 0 Å². The maximum atomic E-state index is 13.3. The van der Waals surface area contributed by atoms with Gasteiger partial charge in [-0.3, -0.25) is 0 Å². The number of H-pyrrole nitrogens is 1. The van der Waals surface area contributed by atoms with Crippen molar-refractivity contribution in [2.45, 2.75) is 12.1 Å². The Hall–Kier alpha value is -2.12. The molecule has 0 fully saturated rings. The third-order valence-corrected chi connectivity index (χ3v) is 2.59. The predicted molar refractivity (Wildman–Crippen MR) is 55.2 cm³/mol. The number of aromatic amines is 1. The zero-order valence-corrected chi connectivity index (χ0v) is 9.05. The van der Waals surface area contributed by atoms with Crippen LogP contribution >= 0.6 is 0 Å². The van der Waals surface area contributed by atoms with Crippen molar-refractivity contribution in [2.75, 3.05) is 0 Å². The number of hydrogen-bond acceptors (Lipinski definition) is 1. The van der Waals surface area contributed by atoms with Crippen LogP contribution in [0.1, 0.15) is 16.1 Å². The molecule has 1 aromatic carbocycles. The van der Waals surface area contributed by atoms with Gasteiger partial charge in [-0.1, -0.05) is 18.2 Å². The van der Waals surface area contributed by atoms with Crippen LogP contribution in [0.4, 0.5) is 22.0 Å². The Bertz CT molecular complexity index is 644. The molecule has 2 N–H and O–H groups in total. The first kappa shape index (κ1) is 13.3. The Morgan fingerprint density at radius 1 is 1.11 bits per heavy atom. The van der Waals surface area contributed by atoms with Crippen LogP contribution in [-0.2, 0) is 5.92 Å². The van der Waals surface area contributed by atoms with Crippen LogP contribution in [-0.4, -0.2) is 22.2 Å². The van der Waals surface area contributed by atoms with Crippen molar-refractivity contribution in [3.8, 4) is 0 Å². The average molecular weight is 279 g/mol. The molecule has 3 nitrogen and oxygen atoms in total. The van der Waals surface area contributed by atoms with E-state index in [9.17, 15) is 26.7 Å². The van der Waals surface area contributed by atoms with E-state index in [2.05, 4.69) is 0 Å². The van der Waals surface area contributed by atoms with E-state index >= 15 is 0 Å². The van der Waals surface area contributed by atoms with E-state index in [1.165, 1.54) is 18.2 Å². The maximum Gasteiger partial charge on any atom is 0.459 e. The summed E-state index contributed by atoms with van der Waals surface area (Å²) in [6.45, 7) is 0. The second kappa shape index (κ2) is 3.94. The molecule has 19 heavy (non-hydrogen) atoms. The molecule has 0 aliphatic carbocycles. The standard InChI is InChI=1S/C11H6F5NO2/c12-10(13,11(14,15)16)8-7(9(18)19)5-3-1-2-4-6(5)17-8/h1-4,17H,(H,18,19). The molecule has 1 aromatic heterocycles. The van der Waals surface area contributed by atoms with E-state index in [-0.39, 0.29) is 10.9 Å². The van der Waals surface area contributed by atoms with Gasteiger partial charge < -0.3 is 10.1 Å². The quantitative estimate of drug-likeness (QED) is 0.826. The molecule has 0 saturated heterocycles. The van der Waals surface area contributed by atoms with E-state index < -0.39 is 29.3 Å². The second-order valence-corrected chi connectivity index (χ2v) is 3.80. The lowest BCUT2D eigenvalue weighted by atomic mass is 10.1.